The zero-order chi connectivity index (χ0) is 27.4. The first kappa shape index (κ1) is 26.4. The van der Waals surface area contributed by atoms with Crippen LogP contribution >= 0.6 is 11.6 Å². The number of rotatable bonds is 9. The number of nitrogens with zero attached hydrogens (tertiary/aromatic N) is 1. The standard InChI is InChI=1S/C29H25ClN2O6S/c1-20-2-13-26(14-3-20)39(34,35)32(17-21-4-6-22(30)7-5-21)24-9-11-25(12-10-24)36-18-29(33)31-23-8-15-27-28(16-23)38-19-37-27/h2-16H,17-19H2,1H3,(H,31,33). The second-order valence-electron chi connectivity index (χ2n) is 8.85. The van der Waals surface area contributed by atoms with E-state index in [-0.39, 0.29) is 30.7 Å². The zero-order valence-electron chi connectivity index (χ0n) is 21.0. The van der Waals surface area contributed by atoms with Gasteiger partial charge in [-0.15, -0.1) is 0 Å². The largest absolute Gasteiger partial charge is 0.484 e. The molecule has 200 valence electrons. The van der Waals surface area contributed by atoms with Crippen LogP contribution in [0.4, 0.5) is 11.4 Å². The van der Waals surface area contributed by atoms with Crippen LogP contribution < -0.4 is 23.8 Å². The molecule has 0 bridgehead atoms. The summed E-state index contributed by atoms with van der Waals surface area (Å²) in [6.07, 6.45) is 0. The summed E-state index contributed by atoms with van der Waals surface area (Å²) in [6.45, 7) is 1.92. The Balaban J connectivity index is 1.30. The number of hydrogen-bond acceptors (Lipinski definition) is 6. The summed E-state index contributed by atoms with van der Waals surface area (Å²) in [5.41, 5.74) is 2.74. The average Bonchev–Trinajstić information content (AvgIpc) is 3.40. The topological polar surface area (TPSA) is 94.2 Å². The third-order valence-corrected chi connectivity index (χ3v) is 8.04. The van der Waals surface area contributed by atoms with Crippen molar-refractivity contribution in [2.45, 2.75) is 18.4 Å². The number of amides is 1. The minimum Gasteiger partial charge on any atom is -0.484 e. The summed E-state index contributed by atoms with van der Waals surface area (Å²) in [5.74, 6) is 1.25. The highest BCUT2D eigenvalue weighted by molar-refractivity contribution is 7.92. The molecule has 0 saturated carbocycles. The molecule has 0 fully saturated rings. The maximum absolute atomic E-state index is 13.7. The normalized spacial score (nSPS) is 12.2. The Morgan fingerprint density at radius 1 is 0.923 bits per heavy atom. The van der Waals surface area contributed by atoms with Gasteiger partial charge in [0.05, 0.1) is 17.1 Å². The van der Waals surface area contributed by atoms with Crippen molar-refractivity contribution in [2.75, 3.05) is 23.0 Å². The molecule has 10 heteroatoms. The molecule has 1 amide bonds. The second kappa shape index (κ2) is 11.3. The van der Waals surface area contributed by atoms with E-state index in [0.717, 1.165) is 11.1 Å². The lowest BCUT2D eigenvalue weighted by molar-refractivity contribution is -0.118. The molecule has 5 rings (SSSR count). The Hall–Kier alpha value is -4.21. The van der Waals surface area contributed by atoms with Crippen LogP contribution in [0.25, 0.3) is 0 Å². The third-order valence-electron chi connectivity index (χ3n) is 6.00. The monoisotopic (exact) mass is 564 g/mol. The van der Waals surface area contributed by atoms with Gasteiger partial charge in [0.1, 0.15) is 5.75 Å². The van der Waals surface area contributed by atoms with Gasteiger partial charge in [-0.1, -0.05) is 41.4 Å². The van der Waals surface area contributed by atoms with Gasteiger partial charge in [-0.3, -0.25) is 9.10 Å². The summed E-state index contributed by atoms with van der Waals surface area (Å²) in [4.78, 5) is 12.6. The Kier molecular flexibility index (Phi) is 7.63. The van der Waals surface area contributed by atoms with E-state index in [2.05, 4.69) is 5.32 Å². The molecule has 4 aromatic rings. The zero-order valence-corrected chi connectivity index (χ0v) is 22.5. The van der Waals surface area contributed by atoms with E-state index in [1.54, 1.807) is 91.0 Å². The first-order valence-corrected chi connectivity index (χ1v) is 13.9. The first-order valence-electron chi connectivity index (χ1n) is 12.0. The quantitative estimate of drug-likeness (QED) is 0.276. The first-order chi connectivity index (χ1) is 18.8. The van der Waals surface area contributed by atoms with E-state index in [0.29, 0.717) is 33.6 Å². The predicted octanol–water partition coefficient (Wildman–Crippen LogP) is 5.79. The van der Waals surface area contributed by atoms with E-state index in [1.807, 2.05) is 6.92 Å². The molecule has 8 nitrogen and oxygen atoms in total. The van der Waals surface area contributed by atoms with Crippen LogP contribution in [0.5, 0.6) is 17.2 Å². The van der Waals surface area contributed by atoms with Crippen LogP contribution in [0.1, 0.15) is 11.1 Å². The maximum Gasteiger partial charge on any atom is 0.264 e. The Morgan fingerprint density at radius 2 is 1.62 bits per heavy atom. The molecular formula is C29H25ClN2O6S. The van der Waals surface area contributed by atoms with Crippen molar-refractivity contribution in [1.29, 1.82) is 0 Å². The van der Waals surface area contributed by atoms with Crippen molar-refractivity contribution < 1.29 is 27.4 Å². The number of halogens is 1. The van der Waals surface area contributed by atoms with Crippen LogP contribution in [0.15, 0.2) is 95.9 Å². The molecule has 0 spiro atoms. The number of aryl methyl sites for hydroxylation is 1. The minimum atomic E-state index is -3.88. The number of ether oxygens (including phenoxy) is 3. The fraction of sp³-hybridized carbons (Fsp3) is 0.138. The van der Waals surface area contributed by atoms with Crippen LogP contribution in [0.3, 0.4) is 0 Å². The number of anilines is 2. The third kappa shape index (κ3) is 6.27. The molecule has 1 aliphatic heterocycles. The van der Waals surface area contributed by atoms with Gasteiger partial charge >= 0.3 is 0 Å². The number of fused-ring (bicyclic) bond motifs is 1. The average molecular weight is 565 g/mol. The van der Waals surface area contributed by atoms with Gasteiger partial charge in [0.2, 0.25) is 6.79 Å². The van der Waals surface area contributed by atoms with Gasteiger partial charge in [0.15, 0.2) is 18.1 Å². The Bertz CT molecular complexity index is 1570. The van der Waals surface area contributed by atoms with E-state index in [4.69, 9.17) is 25.8 Å². The number of nitrogens with one attached hydrogen (secondary N) is 1. The van der Waals surface area contributed by atoms with Crippen LogP contribution in [0.2, 0.25) is 5.02 Å². The van der Waals surface area contributed by atoms with Crippen molar-refractivity contribution in [3.8, 4) is 17.2 Å². The van der Waals surface area contributed by atoms with Crippen molar-refractivity contribution in [1.82, 2.24) is 0 Å². The lowest BCUT2D eigenvalue weighted by Gasteiger charge is -2.25. The number of carbonyl (C=O) groups excluding carboxylic acids is 1. The summed E-state index contributed by atoms with van der Waals surface area (Å²) in [5, 5.41) is 3.31. The molecule has 0 aliphatic carbocycles. The summed E-state index contributed by atoms with van der Waals surface area (Å²) < 4.78 is 44.9. The van der Waals surface area contributed by atoms with Gasteiger partial charge < -0.3 is 19.5 Å². The van der Waals surface area contributed by atoms with E-state index in [9.17, 15) is 13.2 Å². The lowest BCUT2D eigenvalue weighted by atomic mass is 10.2. The van der Waals surface area contributed by atoms with E-state index < -0.39 is 10.0 Å². The Morgan fingerprint density at radius 3 is 2.33 bits per heavy atom. The van der Waals surface area contributed by atoms with Gasteiger partial charge in [0.25, 0.3) is 15.9 Å². The van der Waals surface area contributed by atoms with Crippen molar-refractivity contribution >= 4 is 38.9 Å². The highest BCUT2D eigenvalue weighted by atomic mass is 35.5. The molecule has 4 aromatic carbocycles. The van der Waals surface area contributed by atoms with Crippen molar-refractivity contribution in [3.63, 3.8) is 0 Å². The Labute approximate surface area is 231 Å². The van der Waals surface area contributed by atoms with Gasteiger partial charge in [0, 0.05) is 16.8 Å². The highest BCUT2D eigenvalue weighted by Crippen LogP contribution is 2.34. The molecule has 0 saturated heterocycles. The summed E-state index contributed by atoms with van der Waals surface area (Å²) in [6, 6.07) is 25.4. The fourth-order valence-electron chi connectivity index (χ4n) is 3.94. The molecule has 1 aliphatic rings. The molecule has 0 atom stereocenters. The van der Waals surface area contributed by atoms with E-state index >= 15 is 0 Å². The maximum atomic E-state index is 13.7. The second-order valence-corrected chi connectivity index (χ2v) is 11.1. The van der Waals surface area contributed by atoms with Crippen LogP contribution in [-0.4, -0.2) is 27.7 Å². The smallest absolute Gasteiger partial charge is 0.264 e. The molecule has 0 radical (unpaired) electrons. The van der Waals surface area contributed by atoms with Gasteiger partial charge in [-0.2, -0.15) is 0 Å². The highest BCUT2D eigenvalue weighted by Gasteiger charge is 2.25. The van der Waals surface area contributed by atoms with Crippen LogP contribution in [-0.2, 0) is 21.4 Å². The number of sulfonamides is 1. The van der Waals surface area contributed by atoms with Gasteiger partial charge in [-0.25, -0.2) is 8.42 Å². The molecular weight excluding hydrogens is 540 g/mol. The fourth-order valence-corrected chi connectivity index (χ4v) is 5.52. The minimum absolute atomic E-state index is 0.103. The number of hydrogen-bond donors (Lipinski definition) is 1. The summed E-state index contributed by atoms with van der Waals surface area (Å²) >= 11 is 6.02. The number of carbonyl (C=O) groups is 1. The molecule has 1 heterocycles. The van der Waals surface area contributed by atoms with Crippen molar-refractivity contribution in [3.05, 3.63) is 107 Å². The molecule has 0 unspecified atom stereocenters. The van der Waals surface area contributed by atoms with E-state index in [1.165, 1.54) is 4.31 Å². The number of benzene rings is 4. The van der Waals surface area contributed by atoms with Gasteiger partial charge in [-0.05, 0) is 73.2 Å². The lowest BCUT2D eigenvalue weighted by Crippen LogP contribution is -2.30. The molecule has 39 heavy (non-hydrogen) atoms. The van der Waals surface area contributed by atoms with Crippen molar-refractivity contribution in [2.24, 2.45) is 0 Å². The molecule has 0 aromatic heterocycles. The summed E-state index contributed by atoms with van der Waals surface area (Å²) in [7, 11) is -3.88. The predicted molar refractivity (Wildman–Crippen MR) is 149 cm³/mol. The SMILES string of the molecule is Cc1ccc(S(=O)(=O)N(Cc2ccc(Cl)cc2)c2ccc(OCC(=O)Nc3ccc4c(c3)OCO4)cc2)cc1. The van der Waals surface area contributed by atoms with Crippen LogP contribution in [0, 0.1) is 6.92 Å². The molecule has 1 N–H and O–H groups in total.